The third kappa shape index (κ3) is 2.81. The van der Waals surface area contributed by atoms with Crippen molar-refractivity contribution in [3.05, 3.63) is 0 Å². The van der Waals surface area contributed by atoms with Crippen molar-refractivity contribution in [2.75, 3.05) is 6.54 Å². The molecule has 0 aromatic carbocycles. The lowest BCUT2D eigenvalue weighted by Gasteiger charge is -2.36. The topological polar surface area (TPSA) is 46.3 Å². The third-order valence-electron chi connectivity index (χ3n) is 5.42. The van der Waals surface area contributed by atoms with Gasteiger partial charge in [-0.2, -0.15) is 0 Å². The van der Waals surface area contributed by atoms with Crippen molar-refractivity contribution in [1.82, 2.24) is 4.90 Å². The van der Waals surface area contributed by atoms with Crippen LogP contribution in [0.15, 0.2) is 0 Å². The Morgan fingerprint density at radius 3 is 2.53 bits per heavy atom. The summed E-state index contributed by atoms with van der Waals surface area (Å²) in [4.78, 5) is 15.0. The fourth-order valence-corrected chi connectivity index (χ4v) is 3.99. The van der Waals surface area contributed by atoms with Crippen LogP contribution in [0.2, 0.25) is 0 Å². The molecular formula is C16H30N2O. The van der Waals surface area contributed by atoms with E-state index in [0.717, 1.165) is 25.8 Å². The van der Waals surface area contributed by atoms with Gasteiger partial charge in [0.05, 0.1) is 5.92 Å². The Balaban J connectivity index is 2.06. The molecule has 2 N–H and O–H groups in total. The average molecular weight is 266 g/mol. The molecule has 0 aliphatic heterocycles. The molecule has 0 spiro atoms. The molecule has 5 atom stereocenters. The molecule has 0 radical (unpaired) electrons. The highest BCUT2D eigenvalue weighted by Gasteiger charge is 2.50. The first-order chi connectivity index (χ1) is 9.10. The van der Waals surface area contributed by atoms with Crippen molar-refractivity contribution >= 4 is 5.91 Å². The predicted octanol–water partition coefficient (Wildman–Crippen LogP) is 2.79. The maximum atomic E-state index is 12.9. The Kier molecular flexibility index (Phi) is 4.88. The molecule has 5 unspecified atom stereocenters. The number of unbranched alkanes of at least 4 members (excludes halogenated alkanes) is 1. The summed E-state index contributed by atoms with van der Waals surface area (Å²) in [7, 11) is 0. The fourth-order valence-electron chi connectivity index (χ4n) is 3.99. The minimum atomic E-state index is 0.115. The molecule has 3 nitrogen and oxygen atoms in total. The van der Waals surface area contributed by atoms with Gasteiger partial charge in [-0.05, 0) is 50.9 Å². The summed E-state index contributed by atoms with van der Waals surface area (Å²) >= 11 is 0. The molecule has 3 heteroatoms. The minimum absolute atomic E-state index is 0.115. The Morgan fingerprint density at radius 2 is 2.00 bits per heavy atom. The van der Waals surface area contributed by atoms with Gasteiger partial charge in [0, 0.05) is 18.6 Å². The van der Waals surface area contributed by atoms with Gasteiger partial charge in [-0.3, -0.25) is 4.79 Å². The quantitative estimate of drug-likeness (QED) is 0.803. The van der Waals surface area contributed by atoms with E-state index < -0.39 is 0 Å². The zero-order chi connectivity index (χ0) is 14.0. The molecule has 2 aliphatic rings. The van der Waals surface area contributed by atoms with Crippen molar-refractivity contribution < 1.29 is 4.79 Å². The van der Waals surface area contributed by atoms with Crippen LogP contribution >= 0.6 is 0 Å². The molecule has 2 fully saturated rings. The molecule has 2 saturated carbocycles. The van der Waals surface area contributed by atoms with Crippen LogP contribution < -0.4 is 5.73 Å². The summed E-state index contributed by atoms with van der Waals surface area (Å²) in [6, 6.07) is 0.477. The average Bonchev–Trinajstić information content (AvgIpc) is 2.99. The SMILES string of the molecule is CCCCN(C(=O)C1C2CCC(C2)C1N)C(C)CC. The van der Waals surface area contributed by atoms with E-state index in [1.807, 2.05) is 0 Å². The van der Waals surface area contributed by atoms with Gasteiger partial charge >= 0.3 is 0 Å². The predicted molar refractivity (Wildman–Crippen MR) is 78.7 cm³/mol. The summed E-state index contributed by atoms with van der Waals surface area (Å²) in [5.41, 5.74) is 6.33. The number of hydrogen-bond acceptors (Lipinski definition) is 2. The van der Waals surface area contributed by atoms with E-state index in [2.05, 4.69) is 25.7 Å². The second-order valence-corrected chi connectivity index (χ2v) is 6.58. The van der Waals surface area contributed by atoms with Gasteiger partial charge in [0.15, 0.2) is 0 Å². The van der Waals surface area contributed by atoms with E-state index in [1.54, 1.807) is 0 Å². The second-order valence-electron chi connectivity index (χ2n) is 6.58. The van der Waals surface area contributed by atoms with Gasteiger partial charge in [0.25, 0.3) is 0 Å². The third-order valence-corrected chi connectivity index (χ3v) is 5.42. The van der Waals surface area contributed by atoms with Crippen molar-refractivity contribution in [3.8, 4) is 0 Å². The first kappa shape index (κ1) is 14.8. The number of nitrogens with two attached hydrogens (primary N) is 1. The molecule has 2 bridgehead atoms. The van der Waals surface area contributed by atoms with E-state index >= 15 is 0 Å². The first-order valence-electron chi connectivity index (χ1n) is 8.16. The van der Waals surface area contributed by atoms with E-state index in [4.69, 9.17) is 5.73 Å². The van der Waals surface area contributed by atoms with Crippen LogP contribution in [0.4, 0.5) is 0 Å². The fraction of sp³-hybridized carbons (Fsp3) is 0.938. The maximum Gasteiger partial charge on any atom is 0.227 e. The number of fused-ring (bicyclic) bond motifs is 2. The van der Waals surface area contributed by atoms with Crippen molar-refractivity contribution in [2.24, 2.45) is 23.5 Å². The summed E-state index contributed by atoms with van der Waals surface area (Å²) in [5.74, 6) is 1.65. The Labute approximate surface area is 117 Å². The Hall–Kier alpha value is -0.570. The molecule has 0 aromatic rings. The van der Waals surface area contributed by atoms with Crippen molar-refractivity contribution in [3.63, 3.8) is 0 Å². The molecule has 19 heavy (non-hydrogen) atoms. The normalized spacial score (nSPS) is 34.5. The molecule has 2 rings (SSSR count). The number of rotatable bonds is 6. The molecule has 1 amide bonds. The highest BCUT2D eigenvalue weighted by atomic mass is 16.2. The van der Waals surface area contributed by atoms with E-state index in [0.29, 0.717) is 23.8 Å². The van der Waals surface area contributed by atoms with Crippen LogP contribution in [0, 0.1) is 17.8 Å². The number of carbonyl (C=O) groups is 1. The number of hydrogen-bond donors (Lipinski definition) is 1. The first-order valence-corrected chi connectivity index (χ1v) is 8.16. The molecule has 2 aliphatic carbocycles. The Morgan fingerprint density at radius 1 is 1.32 bits per heavy atom. The van der Waals surface area contributed by atoms with Gasteiger partial charge < -0.3 is 10.6 Å². The van der Waals surface area contributed by atoms with Crippen LogP contribution in [0.1, 0.15) is 59.3 Å². The lowest BCUT2D eigenvalue weighted by Crippen LogP contribution is -2.50. The summed E-state index contributed by atoms with van der Waals surface area (Å²) < 4.78 is 0. The van der Waals surface area contributed by atoms with Crippen molar-refractivity contribution in [2.45, 2.75) is 71.4 Å². The van der Waals surface area contributed by atoms with E-state index in [1.165, 1.54) is 19.3 Å². The number of carbonyl (C=O) groups excluding carboxylic acids is 1. The lowest BCUT2D eigenvalue weighted by atomic mass is 9.83. The lowest BCUT2D eigenvalue weighted by molar-refractivity contribution is -0.140. The zero-order valence-electron chi connectivity index (χ0n) is 12.8. The second kappa shape index (κ2) is 6.25. The van der Waals surface area contributed by atoms with Gasteiger partial charge in [0.1, 0.15) is 0 Å². The summed E-state index contributed by atoms with van der Waals surface area (Å²) in [6.07, 6.45) is 6.94. The molecular weight excluding hydrogens is 236 g/mol. The van der Waals surface area contributed by atoms with Gasteiger partial charge in [0.2, 0.25) is 5.91 Å². The van der Waals surface area contributed by atoms with Crippen LogP contribution in [-0.4, -0.2) is 29.4 Å². The van der Waals surface area contributed by atoms with Gasteiger partial charge in [-0.15, -0.1) is 0 Å². The largest absolute Gasteiger partial charge is 0.340 e. The smallest absolute Gasteiger partial charge is 0.227 e. The zero-order valence-corrected chi connectivity index (χ0v) is 12.8. The number of amides is 1. The molecule has 0 aromatic heterocycles. The molecule has 0 heterocycles. The standard InChI is InChI=1S/C16H30N2O/c1-4-6-9-18(11(3)5-2)16(19)14-12-7-8-13(10-12)15(14)17/h11-15H,4-10,17H2,1-3H3. The molecule has 110 valence electrons. The highest BCUT2D eigenvalue weighted by molar-refractivity contribution is 5.81. The maximum absolute atomic E-state index is 12.9. The van der Waals surface area contributed by atoms with Crippen LogP contribution in [-0.2, 0) is 4.79 Å². The summed E-state index contributed by atoms with van der Waals surface area (Å²) in [5, 5.41) is 0. The van der Waals surface area contributed by atoms with E-state index in [9.17, 15) is 4.79 Å². The highest BCUT2D eigenvalue weighted by Crippen LogP contribution is 2.48. The van der Waals surface area contributed by atoms with Gasteiger partial charge in [-0.1, -0.05) is 20.3 Å². The van der Waals surface area contributed by atoms with Crippen molar-refractivity contribution in [1.29, 1.82) is 0 Å². The Bertz CT molecular complexity index is 316. The van der Waals surface area contributed by atoms with Crippen LogP contribution in [0.3, 0.4) is 0 Å². The minimum Gasteiger partial charge on any atom is -0.340 e. The van der Waals surface area contributed by atoms with Gasteiger partial charge in [-0.25, -0.2) is 0 Å². The van der Waals surface area contributed by atoms with Crippen LogP contribution in [0.25, 0.3) is 0 Å². The van der Waals surface area contributed by atoms with E-state index in [-0.39, 0.29) is 12.0 Å². The molecule has 0 saturated heterocycles. The number of nitrogens with zero attached hydrogens (tertiary/aromatic N) is 1. The monoisotopic (exact) mass is 266 g/mol. The van der Waals surface area contributed by atoms with Crippen LogP contribution in [0.5, 0.6) is 0 Å². The summed E-state index contributed by atoms with van der Waals surface area (Å²) in [6.45, 7) is 7.43.